The number of carbonyl (C=O) groups excluding carboxylic acids is 1. The summed E-state index contributed by atoms with van der Waals surface area (Å²) in [6.07, 6.45) is 0.721. The first-order valence-corrected chi connectivity index (χ1v) is 12.7. The van der Waals surface area contributed by atoms with Crippen LogP contribution in [0.3, 0.4) is 0 Å². The van der Waals surface area contributed by atoms with E-state index in [1.807, 2.05) is 32.0 Å². The average Bonchev–Trinajstić information content (AvgIpc) is 3.09. The van der Waals surface area contributed by atoms with E-state index in [0.717, 1.165) is 17.5 Å². The molecule has 0 aromatic heterocycles. The molecular formula is C26H28N2O6S. The van der Waals surface area contributed by atoms with Crippen molar-refractivity contribution in [2.45, 2.75) is 31.2 Å². The number of hydrogen-bond acceptors (Lipinski definition) is 6. The van der Waals surface area contributed by atoms with Gasteiger partial charge in [-0.3, -0.25) is 9.52 Å². The molecule has 3 aromatic carbocycles. The summed E-state index contributed by atoms with van der Waals surface area (Å²) < 4.78 is 45.1. The Hall–Kier alpha value is -3.72. The molecule has 1 aliphatic rings. The maximum Gasteiger partial charge on any atom is 0.262 e. The van der Waals surface area contributed by atoms with Crippen LogP contribution in [0.25, 0.3) is 0 Å². The highest BCUT2D eigenvalue weighted by molar-refractivity contribution is 7.92. The summed E-state index contributed by atoms with van der Waals surface area (Å²) >= 11 is 0. The number of anilines is 1. The Morgan fingerprint density at radius 3 is 2.54 bits per heavy atom. The largest absolute Gasteiger partial charge is 0.496 e. The number of sulfonamides is 1. The van der Waals surface area contributed by atoms with E-state index in [0.29, 0.717) is 36.0 Å². The molecule has 1 amide bonds. The molecule has 1 heterocycles. The lowest BCUT2D eigenvalue weighted by atomic mass is 10.0. The van der Waals surface area contributed by atoms with Gasteiger partial charge in [-0.2, -0.15) is 0 Å². The van der Waals surface area contributed by atoms with Gasteiger partial charge < -0.3 is 19.5 Å². The van der Waals surface area contributed by atoms with Gasteiger partial charge in [-0.05, 0) is 50.2 Å². The quantitative estimate of drug-likeness (QED) is 0.501. The molecule has 0 fully saturated rings. The van der Waals surface area contributed by atoms with E-state index in [-0.39, 0.29) is 22.5 Å². The number of nitrogens with one attached hydrogen (secondary N) is 2. The van der Waals surface area contributed by atoms with Crippen LogP contribution in [-0.4, -0.2) is 34.6 Å². The van der Waals surface area contributed by atoms with Crippen LogP contribution in [0.15, 0.2) is 65.6 Å². The number of carbonyl (C=O) groups is 1. The molecule has 4 rings (SSSR count). The Morgan fingerprint density at radius 1 is 1.00 bits per heavy atom. The van der Waals surface area contributed by atoms with Crippen LogP contribution >= 0.6 is 0 Å². The number of aryl methyl sites for hydroxylation is 1. The second-order valence-electron chi connectivity index (χ2n) is 8.29. The minimum atomic E-state index is -3.91. The van der Waals surface area contributed by atoms with E-state index in [9.17, 15) is 13.2 Å². The topological polar surface area (TPSA) is 103 Å². The highest BCUT2D eigenvalue weighted by Gasteiger charge is 2.20. The molecular weight excluding hydrogens is 468 g/mol. The van der Waals surface area contributed by atoms with Gasteiger partial charge in [0.25, 0.3) is 15.9 Å². The fraction of sp³-hybridized carbons (Fsp3) is 0.269. The van der Waals surface area contributed by atoms with Gasteiger partial charge >= 0.3 is 0 Å². The molecule has 1 atom stereocenters. The maximum absolute atomic E-state index is 13.0. The number of amides is 1. The Balaban J connectivity index is 1.50. The number of hydrogen-bond donors (Lipinski definition) is 2. The normalized spacial score (nSPS) is 13.9. The first-order valence-electron chi connectivity index (χ1n) is 11.2. The zero-order valence-corrected chi connectivity index (χ0v) is 20.6. The Kier molecular flexibility index (Phi) is 7.16. The molecule has 0 aliphatic carbocycles. The molecule has 3 aromatic rings. The smallest absolute Gasteiger partial charge is 0.262 e. The van der Waals surface area contributed by atoms with Crippen molar-refractivity contribution in [2.24, 2.45) is 0 Å². The molecule has 0 bridgehead atoms. The minimum Gasteiger partial charge on any atom is -0.496 e. The summed E-state index contributed by atoms with van der Waals surface area (Å²) in [5.41, 5.74) is 2.49. The summed E-state index contributed by atoms with van der Waals surface area (Å²) in [4.78, 5) is 13.0. The summed E-state index contributed by atoms with van der Waals surface area (Å²) in [6.45, 7) is 4.80. The van der Waals surface area contributed by atoms with Crippen LogP contribution in [-0.2, 0) is 10.0 Å². The van der Waals surface area contributed by atoms with Crippen molar-refractivity contribution in [1.29, 1.82) is 0 Å². The van der Waals surface area contributed by atoms with Gasteiger partial charge in [-0.25, -0.2) is 8.42 Å². The van der Waals surface area contributed by atoms with Crippen LogP contribution in [0, 0.1) is 6.92 Å². The number of methoxy groups -OCH3 is 1. The third kappa shape index (κ3) is 5.68. The second kappa shape index (κ2) is 10.3. The summed E-state index contributed by atoms with van der Waals surface area (Å²) in [6, 6.07) is 16.3. The lowest BCUT2D eigenvalue weighted by Gasteiger charge is -2.18. The molecule has 9 heteroatoms. The number of ether oxygens (including phenoxy) is 3. The van der Waals surface area contributed by atoms with Gasteiger partial charge in [0.05, 0.1) is 31.3 Å². The van der Waals surface area contributed by atoms with E-state index < -0.39 is 10.0 Å². The Morgan fingerprint density at radius 2 is 1.77 bits per heavy atom. The van der Waals surface area contributed by atoms with Crippen molar-refractivity contribution in [3.8, 4) is 17.2 Å². The fourth-order valence-electron chi connectivity index (χ4n) is 3.80. The van der Waals surface area contributed by atoms with Crippen molar-refractivity contribution in [3.05, 3.63) is 77.4 Å². The molecule has 35 heavy (non-hydrogen) atoms. The third-order valence-electron chi connectivity index (χ3n) is 5.61. The van der Waals surface area contributed by atoms with Crippen LogP contribution in [0.4, 0.5) is 5.69 Å². The molecule has 8 nitrogen and oxygen atoms in total. The van der Waals surface area contributed by atoms with Gasteiger partial charge in [0, 0.05) is 29.3 Å². The number of rotatable bonds is 7. The molecule has 0 saturated heterocycles. The third-order valence-corrected chi connectivity index (χ3v) is 6.98. The van der Waals surface area contributed by atoms with E-state index in [1.165, 1.54) is 18.2 Å². The van der Waals surface area contributed by atoms with Gasteiger partial charge in [0.15, 0.2) is 11.5 Å². The van der Waals surface area contributed by atoms with Crippen molar-refractivity contribution >= 4 is 21.6 Å². The molecule has 0 radical (unpaired) electrons. The maximum atomic E-state index is 13.0. The van der Waals surface area contributed by atoms with Crippen LogP contribution in [0.1, 0.15) is 40.9 Å². The summed E-state index contributed by atoms with van der Waals surface area (Å²) in [5.74, 6) is 1.25. The summed E-state index contributed by atoms with van der Waals surface area (Å²) in [7, 11) is -2.33. The zero-order valence-electron chi connectivity index (χ0n) is 19.8. The minimum absolute atomic E-state index is 0.0387. The van der Waals surface area contributed by atoms with E-state index in [4.69, 9.17) is 14.2 Å². The van der Waals surface area contributed by atoms with Gasteiger partial charge in [0.2, 0.25) is 0 Å². The van der Waals surface area contributed by atoms with E-state index in [1.54, 1.807) is 31.4 Å². The van der Waals surface area contributed by atoms with Crippen molar-refractivity contribution in [3.63, 3.8) is 0 Å². The molecule has 184 valence electrons. The standard InChI is InChI=1S/C26H28N2O6S/c1-17-8-10-23(32-3)22(14-17)18(2)27-26(29)19-6-4-7-20(15-19)28-35(30,31)21-9-11-24-25(16-21)34-13-5-12-33-24/h4,6-11,14-16,18,28H,5,12-13H2,1-3H3,(H,27,29). The second-order valence-corrected chi connectivity index (χ2v) is 9.97. The fourth-order valence-corrected chi connectivity index (χ4v) is 4.86. The highest BCUT2D eigenvalue weighted by Crippen LogP contribution is 2.32. The lowest BCUT2D eigenvalue weighted by molar-refractivity contribution is 0.0939. The van der Waals surface area contributed by atoms with Gasteiger partial charge in [-0.1, -0.05) is 23.8 Å². The van der Waals surface area contributed by atoms with Gasteiger partial charge in [-0.15, -0.1) is 0 Å². The Bertz CT molecular complexity index is 1340. The van der Waals surface area contributed by atoms with Crippen molar-refractivity contribution in [1.82, 2.24) is 5.32 Å². The first kappa shape index (κ1) is 24.4. The molecule has 2 N–H and O–H groups in total. The van der Waals surface area contributed by atoms with Crippen molar-refractivity contribution < 1.29 is 27.4 Å². The van der Waals surface area contributed by atoms with Crippen LogP contribution in [0.5, 0.6) is 17.2 Å². The Labute approximate surface area is 205 Å². The van der Waals surface area contributed by atoms with Crippen molar-refractivity contribution in [2.75, 3.05) is 25.0 Å². The monoisotopic (exact) mass is 496 g/mol. The average molecular weight is 497 g/mol. The molecule has 0 spiro atoms. The lowest BCUT2D eigenvalue weighted by Crippen LogP contribution is -2.27. The summed E-state index contributed by atoms with van der Waals surface area (Å²) in [5, 5.41) is 2.95. The predicted molar refractivity (Wildman–Crippen MR) is 133 cm³/mol. The van der Waals surface area contributed by atoms with Crippen LogP contribution in [0.2, 0.25) is 0 Å². The van der Waals surface area contributed by atoms with Gasteiger partial charge in [0.1, 0.15) is 5.75 Å². The predicted octanol–water partition coefficient (Wildman–Crippen LogP) is 4.46. The van der Waals surface area contributed by atoms with Crippen LogP contribution < -0.4 is 24.2 Å². The number of benzene rings is 3. The van der Waals surface area contributed by atoms with E-state index in [2.05, 4.69) is 10.0 Å². The molecule has 1 aliphatic heterocycles. The first-order chi connectivity index (χ1) is 16.8. The number of fused-ring (bicyclic) bond motifs is 1. The van der Waals surface area contributed by atoms with E-state index >= 15 is 0 Å². The highest BCUT2D eigenvalue weighted by atomic mass is 32.2. The SMILES string of the molecule is COc1ccc(C)cc1C(C)NC(=O)c1cccc(NS(=O)(=O)c2ccc3c(c2)OCCCO3)c1. The molecule has 1 unspecified atom stereocenters. The zero-order chi connectivity index (χ0) is 25.0. The molecule has 0 saturated carbocycles.